The molecule has 1 unspecified atom stereocenters. The molecule has 0 aliphatic rings. The van der Waals surface area contributed by atoms with E-state index < -0.39 is 0 Å². The molecule has 1 aromatic carbocycles. The van der Waals surface area contributed by atoms with Crippen LogP contribution in [0.3, 0.4) is 0 Å². The lowest BCUT2D eigenvalue weighted by Crippen LogP contribution is -2.46. The maximum Gasteiger partial charge on any atom is 0.222 e. The van der Waals surface area contributed by atoms with Crippen LogP contribution in [0, 0.1) is 6.92 Å². The molecule has 1 rings (SSSR count). The second kappa shape index (κ2) is 7.57. The molecule has 0 bridgehead atoms. The van der Waals surface area contributed by atoms with E-state index in [9.17, 15) is 4.79 Å². The first-order chi connectivity index (χ1) is 9.71. The number of hydrogen-bond acceptors (Lipinski definition) is 3. The summed E-state index contributed by atoms with van der Waals surface area (Å²) in [6, 6.07) is 8.46. The predicted molar refractivity (Wildman–Crippen MR) is 88.0 cm³/mol. The first kappa shape index (κ1) is 17.7. The van der Waals surface area contributed by atoms with E-state index in [-0.39, 0.29) is 17.5 Å². The minimum atomic E-state index is -0.203. The molecule has 118 valence electrons. The second-order valence-corrected chi connectivity index (χ2v) is 6.80. The maximum absolute atomic E-state index is 12.0. The molecule has 0 spiro atoms. The van der Waals surface area contributed by atoms with E-state index in [4.69, 9.17) is 5.73 Å². The lowest BCUT2D eigenvalue weighted by Gasteiger charge is -2.28. The summed E-state index contributed by atoms with van der Waals surface area (Å²) in [6.45, 7) is 9.31. The van der Waals surface area contributed by atoms with E-state index in [1.807, 2.05) is 27.8 Å². The van der Waals surface area contributed by atoms with Gasteiger partial charge in [0.1, 0.15) is 0 Å². The van der Waals surface area contributed by atoms with Crippen LogP contribution in [0.1, 0.15) is 38.3 Å². The van der Waals surface area contributed by atoms with Gasteiger partial charge in [0, 0.05) is 31.1 Å². The van der Waals surface area contributed by atoms with Gasteiger partial charge in [0.2, 0.25) is 5.91 Å². The van der Waals surface area contributed by atoms with Gasteiger partial charge in [-0.1, -0.05) is 29.8 Å². The highest BCUT2D eigenvalue weighted by molar-refractivity contribution is 5.77. The monoisotopic (exact) mass is 291 g/mol. The van der Waals surface area contributed by atoms with Crippen molar-refractivity contribution in [3.05, 3.63) is 35.4 Å². The van der Waals surface area contributed by atoms with Crippen LogP contribution in [0.5, 0.6) is 0 Å². The van der Waals surface area contributed by atoms with E-state index in [1.165, 1.54) is 11.1 Å². The molecule has 0 saturated heterocycles. The number of aryl methyl sites for hydroxylation is 1. The lowest BCUT2D eigenvalue weighted by molar-refractivity contribution is -0.123. The third-order valence-corrected chi connectivity index (χ3v) is 3.35. The number of hydrogen-bond donors (Lipinski definition) is 2. The van der Waals surface area contributed by atoms with E-state index in [0.717, 1.165) is 6.54 Å². The Morgan fingerprint density at radius 1 is 1.38 bits per heavy atom. The number of likely N-dealkylation sites (N-methyl/N-ethyl adjacent to an activating group) is 1. The Labute approximate surface area is 128 Å². The highest BCUT2D eigenvalue weighted by atomic mass is 16.1. The molecular formula is C17H29N3O. The first-order valence-electron chi connectivity index (χ1n) is 7.48. The van der Waals surface area contributed by atoms with Crippen molar-refractivity contribution in [1.29, 1.82) is 0 Å². The maximum atomic E-state index is 12.0. The largest absolute Gasteiger partial charge is 0.351 e. The van der Waals surface area contributed by atoms with Crippen molar-refractivity contribution in [3.8, 4) is 0 Å². The van der Waals surface area contributed by atoms with Crippen LogP contribution >= 0.6 is 0 Å². The number of nitrogens with two attached hydrogens (primary N) is 1. The van der Waals surface area contributed by atoms with Crippen LogP contribution in [0.4, 0.5) is 0 Å². The fourth-order valence-electron chi connectivity index (χ4n) is 2.33. The molecule has 0 aliphatic carbocycles. The third kappa shape index (κ3) is 6.74. The third-order valence-electron chi connectivity index (χ3n) is 3.35. The van der Waals surface area contributed by atoms with Crippen molar-refractivity contribution in [3.63, 3.8) is 0 Å². The molecule has 1 amide bonds. The molecule has 1 aromatic rings. The number of nitrogens with zero attached hydrogens (tertiary/aromatic N) is 1. The topological polar surface area (TPSA) is 58.4 Å². The summed E-state index contributed by atoms with van der Waals surface area (Å²) in [6.07, 6.45) is 0.427. The van der Waals surface area contributed by atoms with Gasteiger partial charge in [-0.25, -0.2) is 0 Å². The summed E-state index contributed by atoms with van der Waals surface area (Å²) >= 11 is 0. The van der Waals surface area contributed by atoms with Gasteiger partial charge in [-0.15, -0.1) is 0 Å². The zero-order chi connectivity index (χ0) is 16.0. The fraction of sp³-hybridized carbons (Fsp3) is 0.588. The number of carbonyl (C=O) groups is 1. The van der Waals surface area contributed by atoms with Gasteiger partial charge in [-0.05, 0) is 40.3 Å². The molecule has 1 atom stereocenters. The molecular weight excluding hydrogens is 262 g/mol. The summed E-state index contributed by atoms with van der Waals surface area (Å²) in [4.78, 5) is 14.2. The van der Waals surface area contributed by atoms with Gasteiger partial charge in [-0.3, -0.25) is 9.69 Å². The first-order valence-corrected chi connectivity index (χ1v) is 7.48. The van der Waals surface area contributed by atoms with Crippen molar-refractivity contribution in [2.24, 2.45) is 5.73 Å². The smallest absolute Gasteiger partial charge is 0.222 e. The number of carbonyl (C=O) groups excluding carboxylic acids is 1. The van der Waals surface area contributed by atoms with E-state index in [0.29, 0.717) is 13.0 Å². The molecule has 0 saturated carbocycles. The van der Waals surface area contributed by atoms with Gasteiger partial charge in [0.15, 0.2) is 0 Å². The molecule has 4 heteroatoms. The van der Waals surface area contributed by atoms with Crippen LogP contribution < -0.4 is 11.1 Å². The molecule has 0 aliphatic heterocycles. The molecule has 0 fully saturated rings. The second-order valence-electron chi connectivity index (χ2n) is 6.80. The van der Waals surface area contributed by atoms with E-state index in [2.05, 4.69) is 41.4 Å². The van der Waals surface area contributed by atoms with Crippen LogP contribution in [-0.2, 0) is 11.3 Å². The van der Waals surface area contributed by atoms with Crippen molar-refractivity contribution >= 4 is 5.91 Å². The average Bonchev–Trinajstić information content (AvgIpc) is 2.33. The summed E-state index contributed by atoms with van der Waals surface area (Å²) in [5.74, 6) is 0.0500. The minimum absolute atomic E-state index is 0.0489. The van der Waals surface area contributed by atoms with E-state index in [1.54, 1.807) is 0 Å². The van der Waals surface area contributed by atoms with Crippen LogP contribution in [0.2, 0.25) is 0 Å². The quantitative estimate of drug-likeness (QED) is 0.843. The Hall–Kier alpha value is -1.39. The Bertz CT molecular complexity index is 465. The van der Waals surface area contributed by atoms with Crippen molar-refractivity contribution in [1.82, 2.24) is 10.2 Å². The lowest BCUT2D eigenvalue weighted by atomic mass is 10.1. The number of nitrogens with one attached hydrogen (secondary N) is 1. The van der Waals surface area contributed by atoms with Crippen molar-refractivity contribution in [2.75, 3.05) is 13.6 Å². The zero-order valence-electron chi connectivity index (χ0n) is 13.9. The normalized spacial score (nSPS) is 13.3. The predicted octanol–water partition coefficient (Wildman–Crippen LogP) is 2.06. The van der Waals surface area contributed by atoms with Crippen LogP contribution in [-0.4, -0.2) is 36.0 Å². The van der Waals surface area contributed by atoms with Crippen LogP contribution in [0.15, 0.2) is 24.3 Å². The molecule has 21 heavy (non-hydrogen) atoms. The summed E-state index contributed by atoms with van der Waals surface area (Å²) < 4.78 is 0. The Morgan fingerprint density at radius 3 is 2.57 bits per heavy atom. The zero-order valence-corrected chi connectivity index (χ0v) is 13.9. The number of rotatable bonds is 6. The Kier molecular flexibility index (Phi) is 6.37. The summed E-state index contributed by atoms with van der Waals surface area (Å²) in [5, 5.41) is 2.99. The minimum Gasteiger partial charge on any atom is -0.351 e. The van der Waals surface area contributed by atoms with Gasteiger partial charge < -0.3 is 11.1 Å². The Balaban J connectivity index is 2.61. The SMILES string of the molecule is Cc1cccc(CN(C)C(CN)CC(=O)NC(C)(C)C)c1. The fourth-order valence-corrected chi connectivity index (χ4v) is 2.33. The van der Waals surface area contributed by atoms with Crippen molar-refractivity contribution in [2.45, 2.75) is 52.2 Å². The van der Waals surface area contributed by atoms with Crippen LogP contribution in [0.25, 0.3) is 0 Å². The van der Waals surface area contributed by atoms with Gasteiger partial charge in [-0.2, -0.15) is 0 Å². The highest BCUT2D eigenvalue weighted by Crippen LogP contribution is 2.11. The van der Waals surface area contributed by atoms with Gasteiger partial charge in [0.05, 0.1) is 0 Å². The molecule has 0 radical (unpaired) electrons. The van der Waals surface area contributed by atoms with Gasteiger partial charge >= 0.3 is 0 Å². The van der Waals surface area contributed by atoms with Crippen molar-refractivity contribution < 1.29 is 4.79 Å². The molecule has 0 heterocycles. The Morgan fingerprint density at radius 2 is 2.05 bits per heavy atom. The molecule has 0 aromatic heterocycles. The highest BCUT2D eigenvalue weighted by Gasteiger charge is 2.20. The number of amides is 1. The van der Waals surface area contributed by atoms with E-state index >= 15 is 0 Å². The number of benzene rings is 1. The summed E-state index contributed by atoms with van der Waals surface area (Å²) in [7, 11) is 2.02. The molecule has 3 N–H and O–H groups in total. The average molecular weight is 291 g/mol. The molecule has 4 nitrogen and oxygen atoms in total. The summed E-state index contributed by atoms with van der Waals surface area (Å²) in [5.41, 5.74) is 8.13. The van der Waals surface area contributed by atoms with Gasteiger partial charge in [0.25, 0.3) is 0 Å². The standard InChI is InChI=1S/C17H29N3O/c1-13-7-6-8-14(9-13)12-20(5)15(11-18)10-16(21)19-17(2,3)4/h6-9,15H,10-12,18H2,1-5H3,(H,19,21).